The van der Waals surface area contributed by atoms with E-state index in [1.807, 2.05) is 17.9 Å². The minimum atomic E-state index is 0.323. The van der Waals surface area contributed by atoms with Crippen molar-refractivity contribution in [2.24, 2.45) is 7.05 Å². The highest BCUT2D eigenvalue weighted by atomic mass is 15.2. The van der Waals surface area contributed by atoms with Crippen LogP contribution in [0.2, 0.25) is 0 Å². The van der Waals surface area contributed by atoms with E-state index in [0.717, 1.165) is 6.54 Å². The van der Waals surface area contributed by atoms with Crippen LogP contribution in [0.5, 0.6) is 0 Å². The lowest BCUT2D eigenvalue weighted by Gasteiger charge is -2.13. The summed E-state index contributed by atoms with van der Waals surface area (Å²) in [6.45, 7) is 5.20. The van der Waals surface area contributed by atoms with Crippen molar-refractivity contribution in [3.05, 3.63) is 53.3 Å². The molecule has 0 radical (unpaired) electrons. The Morgan fingerprint density at radius 1 is 1.35 bits per heavy atom. The molecule has 3 heteroatoms. The van der Waals surface area contributed by atoms with Gasteiger partial charge in [-0.1, -0.05) is 24.3 Å². The molecule has 1 aromatic heterocycles. The second-order valence-electron chi connectivity index (χ2n) is 4.48. The molecule has 1 atom stereocenters. The maximum absolute atomic E-state index is 4.19. The van der Waals surface area contributed by atoms with Crippen molar-refractivity contribution in [1.82, 2.24) is 15.1 Å². The molecule has 0 bridgehead atoms. The molecule has 2 aromatic rings. The van der Waals surface area contributed by atoms with Crippen LogP contribution in [0.3, 0.4) is 0 Å². The molecule has 1 N–H and O–H groups in total. The molecule has 17 heavy (non-hydrogen) atoms. The molecular formula is C14H19N3. The normalized spacial score (nSPS) is 12.6. The first kappa shape index (κ1) is 11.9. The van der Waals surface area contributed by atoms with Gasteiger partial charge >= 0.3 is 0 Å². The molecule has 0 amide bonds. The Hall–Kier alpha value is -1.61. The van der Waals surface area contributed by atoms with Gasteiger partial charge in [-0.05, 0) is 25.0 Å². The molecule has 1 aromatic carbocycles. The van der Waals surface area contributed by atoms with Crippen LogP contribution in [0.25, 0.3) is 0 Å². The van der Waals surface area contributed by atoms with Gasteiger partial charge in [0.2, 0.25) is 0 Å². The lowest BCUT2D eigenvalue weighted by Crippen LogP contribution is -2.18. The Kier molecular flexibility index (Phi) is 3.59. The molecule has 0 saturated heterocycles. The summed E-state index contributed by atoms with van der Waals surface area (Å²) < 4.78 is 1.83. The van der Waals surface area contributed by atoms with E-state index in [1.54, 1.807) is 0 Å². The fourth-order valence-corrected chi connectivity index (χ4v) is 1.85. The number of hydrogen-bond donors (Lipinski definition) is 1. The first-order valence-electron chi connectivity index (χ1n) is 5.93. The quantitative estimate of drug-likeness (QED) is 0.873. The molecule has 0 saturated carbocycles. The van der Waals surface area contributed by atoms with Gasteiger partial charge in [0.15, 0.2) is 0 Å². The maximum Gasteiger partial charge on any atom is 0.0537 e. The van der Waals surface area contributed by atoms with Gasteiger partial charge < -0.3 is 5.32 Å². The van der Waals surface area contributed by atoms with E-state index in [2.05, 4.69) is 54.7 Å². The zero-order valence-corrected chi connectivity index (χ0v) is 10.6. The summed E-state index contributed by atoms with van der Waals surface area (Å²) >= 11 is 0. The SMILES string of the molecule is Cc1ccccc1CNC(C)c1cnn(C)c1. The van der Waals surface area contributed by atoms with Crippen molar-refractivity contribution in [3.63, 3.8) is 0 Å². The summed E-state index contributed by atoms with van der Waals surface area (Å²) in [5.41, 5.74) is 3.91. The van der Waals surface area contributed by atoms with E-state index >= 15 is 0 Å². The van der Waals surface area contributed by atoms with E-state index in [4.69, 9.17) is 0 Å². The Morgan fingerprint density at radius 3 is 2.76 bits per heavy atom. The average Bonchev–Trinajstić information content (AvgIpc) is 2.74. The Balaban J connectivity index is 1.97. The van der Waals surface area contributed by atoms with E-state index in [0.29, 0.717) is 6.04 Å². The van der Waals surface area contributed by atoms with Crippen LogP contribution in [0.15, 0.2) is 36.7 Å². The summed E-state index contributed by atoms with van der Waals surface area (Å²) in [5.74, 6) is 0. The van der Waals surface area contributed by atoms with Crippen LogP contribution in [0, 0.1) is 6.92 Å². The third-order valence-corrected chi connectivity index (χ3v) is 3.08. The third kappa shape index (κ3) is 2.94. The molecule has 0 fully saturated rings. The Morgan fingerprint density at radius 2 is 2.12 bits per heavy atom. The Bertz CT molecular complexity index is 488. The average molecular weight is 229 g/mol. The number of aryl methyl sites for hydroxylation is 2. The summed E-state index contributed by atoms with van der Waals surface area (Å²) in [6.07, 6.45) is 3.96. The van der Waals surface area contributed by atoms with Crippen LogP contribution in [-0.2, 0) is 13.6 Å². The fourth-order valence-electron chi connectivity index (χ4n) is 1.85. The number of nitrogens with one attached hydrogen (secondary N) is 1. The van der Waals surface area contributed by atoms with E-state index in [9.17, 15) is 0 Å². The lowest BCUT2D eigenvalue weighted by atomic mass is 10.1. The molecule has 0 aliphatic rings. The van der Waals surface area contributed by atoms with Gasteiger partial charge in [0.25, 0.3) is 0 Å². The van der Waals surface area contributed by atoms with Gasteiger partial charge in [0.1, 0.15) is 0 Å². The zero-order valence-electron chi connectivity index (χ0n) is 10.6. The number of aromatic nitrogens is 2. The summed E-state index contributed by atoms with van der Waals surface area (Å²) in [5, 5.41) is 7.70. The van der Waals surface area contributed by atoms with Crippen LogP contribution in [0.4, 0.5) is 0 Å². The lowest BCUT2D eigenvalue weighted by molar-refractivity contribution is 0.573. The van der Waals surface area contributed by atoms with Crippen molar-refractivity contribution < 1.29 is 0 Å². The van der Waals surface area contributed by atoms with Crippen molar-refractivity contribution in [3.8, 4) is 0 Å². The molecular weight excluding hydrogens is 210 g/mol. The van der Waals surface area contributed by atoms with Gasteiger partial charge in [-0.3, -0.25) is 4.68 Å². The van der Waals surface area contributed by atoms with Crippen molar-refractivity contribution in [1.29, 1.82) is 0 Å². The number of benzene rings is 1. The van der Waals surface area contributed by atoms with Crippen molar-refractivity contribution in [2.75, 3.05) is 0 Å². The highest BCUT2D eigenvalue weighted by Gasteiger charge is 2.07. The van der Waals surface area contributed by atoms with E-state index in [-0.39, 0.29) is 0 Å². The molecule has 1 heterocycles. The molecule has 3 nitrogen and oxygen atoms in total. The second kappa shape index (κ2) is 5.15. The second-order valence-corrected chi connectivity index (χ2v) is 4.48. The summed E-state index contributed by atoms with van der Waals surface area (Å²) in [7, 11) is 1.94. The van der Waals surface area contributed by atoms with Crippen LogP contribution in [0.1, 0.15) is 29.7 Å². The summed E-state index contributed by atoms with van der Waals surface area (Å²) in [4.78, 5) is 0. The topological polar surface area (TPSA) is 29.9 Å². The zero-order chi connectivity index (χ0) is 12.3. The first-order valence-corrected chi connectivity index (χ1v) is 5.93. The predicted molar refractivity (Wildman–Crippen MR) is 69.6 cm³/mol. The molecule has 2 rings (SSSR count). The van der Waals surface area contributed by atoms with Gasteiger partial charge in [-0.2, -0.15) is 5.10 Å². The molecule has 1 unspecified atom stereocenters. The van der Waals surface area contributed by atoms with E-state index < -0.39 is 0 Å². The molecule has 90 valence electrons. The minimum absolute atomic E-state index is 0.323. The van der Waals surface area contributed by atoms with Crippen LogP contribution < -0.4 is 5.32 Å². The molecule has 0 aliphatic heterocycles. The molecule has 0 aliphatic carbocycles. The highest BCUT2D eigenvalue weighted by Crippen LogP contribution is 2.13. The van der Waals surface area contributed by atoms with Gasteiger partial charge in [0.05, 0.1) is 6.20 Å². The molecule has 0 spiro atoms. The third-order valence-electron chi connectivity index (χ3n) is 3.08. The monoisotopic (exact) mass is 229 g/mol. The summed E-state index contributed by atoms with van der Waals surface area (Å²) in [6, 6.07) is 8.79. The first-order chi connectivity index (χ1) is 8.16. The largest absolute Gasteiger partial charge is 0.306 e. The number of hydrogen-bond acceptors (Lipinski definition) is 2. The number of nitrogens with zero attached hydrogens (tertiary/aromatic N) is 2. The van der Waals surface area contributed by atoms with Gasteiger partial charge in [-0.15, -0.1) is 0 Å². The van der Waals surface area contributed by atoms with E-state index in [1.165, 1.54) is 16.7 Å². The number of rotatable bonds is 4. The maximum atomic E-state index is 4.19. The smallest absolute Gasteiger partial charge is 0.0537 e. The minimum Gasteiger partial charge on any atom is -0.306 e. The fraction of sp³-hybridized carbons (Fsp3) is 0.357. The van der Waals surface area contributed by atoms with Gasteiger partial charge in [-0.25, -0.2) is 0 Å². The van der Waals surface area contributed by atoms with Crippen LogP contribution in [-0.4, -0.2) is 9.78 Å². The van der Waals surface area contributed by atoms with Gasteiger partial charge in [0, 0.05) is 31.4 Å². The predicted octanol–water partition coefficient (Wildman–Crippen LogP) is 2.58. The van der Waals surface area contributed by atoms with Crippen molar-refractivity contribution in [2.45, 2.75) is 26.4 Å². The Labute approximate surface area is 102 Å². The highest BCUT2D eigenvalue weighted by molar-refractivity contribution is 5.25. The van der Waals surface area contributed by atoms with Crippen molar-refractivity contribution >= 4 is 0 Å². The standard InChI is InChI=1S/C14H19N3/c1-11-6-4-5-7-13(11)8-15-12(2)14-9-16-17(3)10-14/h4-7,9-10,12,15H,8H2,1-3H3. The van der Waals surface area contributed by atoms with Crippen LogP contribution >= 0.6 is 0 Å².